The zero-order valence-electron chi connectivity index (χ0n) is 18.0. The molecule has 4 amide bonds. The molecule has 1 heterocycles. The molecule has 8 nitrogen and oxygen atoms in total. The Morgan fingerprint density at radius 1 is 1.03 bits per heavy atom. The number of ether oxygens (including phenoxy) is 1. The molecule has 1 aromatic heterocycles. The van der Waals surface area contributed by atoms with Crippen LogP contribution in [-0.2, 0) is 16.1 Å². The van der Waals surface area contributed by atoms with E-state index in [0.717, 1.165) is 30.6 Å². The Kier molecular flexibility index (Phi) is 8.38. The average molecular weight is 458 g/mol. The first kappa shape index (κ1) is 23.5. The molecule has 170 valence electrons. The van der Waals surface area contributed by atoms with Crippen molar-refractivity contribution in [2.45, 2.75) is 44.7 Å². The number of benzene rings is 1. The highest BCUT2D eigenvalue weighted by molar-refractivity contribution is 7.09. The first-order valence-electron chi connectivity index (χ1n) is 10.6. The van der Waals surface area contributed by atoms with Gasteiger partial charge in [0.15, 0.2) is 6.61 Å². The van der Waals surface area contributed by atoms with E-state index in [1.165, 1.54) is 23.8 Å². The Balaban J connectivity index is 1.53. The number of thiophene rings is 1. The van der Waals surface area contributed by atoms with Crippen molar-refractivity contribution >= 4 is 35.2 Å². The minimum Gasteiger partial charge on any atom is -0.452 e. The lowest BCUT2D eigenvalue weighted by Gasteiger charge is -2.31. The fraction of sp³-hybridized carbons (Fsp3) is 0.391. The molecule has 1 aliphatic rings. The molecule has 0 unspecified atom stereocenters. The number of urea groups is 1. The number of esters is 1. The van der Waals surface area contributed by atoms with Gasteiger partial charge in [0.25, 0.3) is 11.8 Å². The van der Waals surface area contributed by atoms with E-state index in [9.17, 15) is 19.2 Å². The van der Waals surface area contributed by atoms with Gasteiger partial charge in [-0.1, -0.05) is 37.5 Å². The number of carbonyl (C=O) groups excluding carboxylic acids is 4. The molecule has 0 bridgehead atoms. The van der Waals surface area contributed by atoms with Crippen LogP contribution in [0.1, 0.15) is 57.7 Å². The summed E-state index contributed by atoms with van der Waals surface area (Å²) in [5.41, 5.74) is 0.328. The quantitative estimate of drug-likeness (QED) is 0.621. The van der Waals surface area contributed by atoms with Crippen molar-refractivity contribution in [3.05, 3.63) is 57.8 Å². The molecule has 1 aliphatic carbocycles. The van der Waals surface area contributed by atoms with Crippen LogP contribution in [0.5, 0.6) is 0 Å². The van der Waals surface area contributed by atoms with Gasteiger partial charge in [0, 0.05) is 18.0 Å². The standard InChI is InChI=1S/C23H27N3O5S/c1-26(16-8-3-2-4-9-16)21(28)18-11-5-6-12-19(18)22(29)31-15-20(27)25-23(30)24-14-17-10-7-13-32-17/h5-7,10-13,16H,2-4,8-9,14-15H2,1H3,(H2,24,25,27,30). The monoisotopic (exact) mass is 457 g/mol. The van der Waals surface area contributed by atoms with Gasteiger partial charge in [-0.15, -0.1) is 11.3 Å². The van der Waals surface area contributed by atoms with Gasteiger partial charge in [0.1, 0.15) is 0 Å². The Hall–Kier alpha value is -3.20. The van der Waals surface area contributed by atoms with Crippen molar-refractivity contribution in [3.8, 4) is 0 Å². The first-order valence-corrected chi connectivity index (χ1v) is 11.5. The third-order valence-electron chi connectivity index (χ3n) is 5.41. The van der Waals surface area contributed by atoms with E-state index in [-0.39, 0.29) is 23.1 Å². The Bertz CT molecular complexity index is 954. The number of nitrogens with zero attached hydrogens (tertiary/aromatic N) is 1. The number of hydrogen-bond donors (Lipinski definition) is 2. The Morgan fingerprint density at radius 2 is 1.75 bits per heavy atom. The van der Waals surface area contributed by atoms with Crippen molar-refractivity contribution < 1.29 is 23.9 Å². The van der Waals surface area contributed by atoms with Crippen LogP contribution < -0.4 is 10.6 Å². The van der Waals surface area contributed by atoms with E-state index in [0.29, 0.717) is 6.54 Å². The van der Waals surface area contributed by atoms with E-state index in [1.807, 2.05) is 17.5 Å². The number of carbonyl (C=O) groups is 4. The predicted molar refractivity (Wildman–Crippen MR) is 120 cm³/mol. The molecule has 3 rings (SSSR count). The fourth-order valence-corrected chi connectivity index (χ4v) is 4.31. The number of amides is 4. The van der Waals surface area contributed by atoms with Gasteiger partial charge in [-0.3, -0.25) is 14.9 Å². The lowest BCUT2D eigenvalue weighted by atomic mass is 9.94. The van der Waals surface area contributed by atoms with Crippen LogP contribution in [0.15, 0.2) is 41.8 Å². The van der Waals surface area contributed by atoms with Gasteiger partial charge in [-0.2, -0.15) is 0 Å². The van der Waals surface area contributed by atoms with Crippen LogP contribution in [-0.4, -0.2) is 48.4 Å². The van der Waals surface area contributed by atoms with Crippen LogP contribution in [0.4, 0.5) is 4.79 Å². The van der Waals surface area contributed by atoms with E-state index < -0.39 is 24.5 Å². The molecule has 2 N–H and O–H groups in total. The van der Waals surface area contributed by atoms with Crippen LogP contribution >= 0.6 is 11.3 Å². The van der Waals surface area contributed by atoms with E-state index in [4.69, 9.17) is 4.74 Å². The molecule has 1 aromatic carbocycles. The molecule has 0 saturated heterocycles. The summed E-state index contributed by atoms with van der Waals surface area (Å²) in [5.74, 6) is -1.80. The van der Waals surface area contributed by atoms with Crippen molar-refractivity contribution in [1.82, 2.24) is 15.5 Å². The van der Waals surface area contributed by atoms with Crippen molar-refractivity contribution in [1.29, 1.82) is 0 Å². The zero-order valence-corrected chi connectivity index (χ0v) is 18.8. The molecule has 0 radical (unpaired) electrons. The molecule has 0 atom stereocenters. The van der Waals surface area contributed by atoms with Crippen molar-refractivity contribution in [2.75, 3.05) is 13.7 Å². The highest BCUT2D eigenvalue weighted by atomic mass is 32.1. The molecule has 32 heavy (non-hydrogen) atoms. The van der Waals surface area contributed by atoms with E-state index in [2.05, 4.69) is 10.6 Å². The molecular formula is C23H27N3O5S. The van der Waals surface area contributed by atoms with E-state index in [1.54, 1.807) is 30.1 Å². The topological polar surface area (TPSA) is 105 Å². The smallest absolute Gasteiger partial charge is 0.339 e. The molecule has 1 fully saturated rings. The van der Waals surface area contributed by atoms with Crippen molar-refractivity contribution in [2.24, 2.45) is 0 Å². The van der Waals surface area contributed by atoms with Gasteiger partial charge < -0.3 is 15.0 Å². The molecule has 0 spiro atoms. The summed E-state index contributed by atoms with van der Waals surface area (Å²) in [6.45, 7) is -0.340. The summed E-state index contributed by atoms with van der Waals surface area (Å²) in [7, 11) is 1.75. The first-order chi connectivity index (χ1) is 15.5. The summed E-state index contributed by atoms with van der Waals surface area (Å²) in [4.78, 5) is 52.0. The minimum absolute atomic E-state index is 0.0927. The molecule has 0 aliphatic heterocycles. The zero-order chi connectivity index (χ0) is 22.9. The minimum atomic E-state index is -0.792. The maximum atomic E-state index is 13.0. The second kappa shape index (κ2) is 11.4. The average Bonchev–Trinajstić information content (AvgIpc) is 3.34. The summed E-state index contributed by atoms with van der Waals surface area (Å²) in [6, 6.07) is 9.59. The summed E-state index contributed by atoms with van der Waals surface area (Å²) in [5, 5.41) is 6.55. The van der Waals surface area contributed by atoms with Gasteiger partial charge in [-0.05, 0) is 36.4 Å². The Labute approximate surface area is 190 Å². The Morgan fingerprint density at radius 3 is 2.44 bits per heavy atom. The third-order valence-corrected chi connectivity index (χ3v) is 6.29. The third kappa shape index (κ3) is 6.40. The summed E-state index contributed by atoms with van der Waals surface area (Å²) in [6.07, 6.45) is 5.24. The van der Waals surface area contributed by atoms with Crippen LogP contribution in [0.3, 0.4) is 0 Å². The number of hydrogen-bond acceptors (Lipinski definition) is 6. The highest BCUT2D eigenvalue weighted by Gasteiger charge is 2.26. The largest absolute Gasteiger partial charge is 0.452 e. The van der Waals surface area contributed by atoms with Gasteiger partial charge >= 0.3 is 12.0 Å². The number of imide groups is 1. The normalized spacial score (nSPS) is 13.8. The van der Waals surface area contributed by atoms with Gasteiger partial charge in [-0.25, -0.2) is 9.59 Å². The van der Waals surface area contributed by atoms with E-state index >= 15 is 0 Å². The maximum Gasteiger partial charge on any atom is 0.339 e. The number of nitrogens with one attached hydrogen (secondary N) is 2. The lowest BCUT2D eigenvalue weighted by molar-refractivity contribution is -0.123. The number of rotatable bonds is 7. The second-order valence-electron chi connectivity index (χ2n) is 7.64. The SMILES string of the molecule is CN(C(=O)c1ccccc1C(=O)OCC(=O)NC(=O)NCc1cccs1)C1CCCCC1. The fourth-order valence-electron chi connectivity index (χ4n) is 3.67. The maximum absolute atomic E-state index is 13.0. The molecule has 9 heteroatoms. The highest BCUT2D eigenvalue weighted by Crippen LogP contribution is 2.24. The van der Waals surface area contributed by atoms with Crippen LogP contribution in [0, 0.1) is 0 Å². The summed E-state index contributed by atoms with van der Waals surface area (Å²) >= 11 is 1.48. The molecule has 1 saturated carbocycles. The van der Waals surface area contributed by atoms with Gasteiger partial charge in [0.2, 0.25) is 0 Å². The van der Waals surface area contributed by atoms with Crippen molar-refractivity contribution in [3.63, 3.8) is 0 Å². The molecular weight excluding hydrogens is 430 g/mol. The van der Waals surface area contributed by atoms with Crippen LogP contribution in [0.2, 0.25) is 0 Å². The second-order valence-corrected chi connectivity index (χ2v) is 8.67. The molecule has 2 aromatic rings. The van der Waals surface area contributed by atoms with Crippen LogP contribution in [0.25, 0.3) is 0 Å². The summed E-state index contributed by atoms with van der Waals surface area (Å²) < 4.78 is 5.06. The lowest BCUT2D eigenvalue weighted by Crippen LogP contribution is -2.41. The van der Waals surface area contributed by atoms with Gasteiger partial charge in [0.05, 0.1) is 17.7 Å². The predicted octanol–water partition coefficient (Wildman–Crippen LogP) is 3.34.